The van der Waals surface area contributed by atoms with Gasteiger partial charge in [-0.25, -0.2) is 0 Å². The van der Waals surface area contributed by atoms with Gasteiger partial charge < -0.3 is 9.88 Å². The third-order valence-corrected chi connectivity index (χ3v) is 3.74. The van der Waals surface area contributed by atoms with Gasteiger partial charge in [-0.2, -0.15) is 0 Å². The lowest BCUT2D eigenvalue weighted by Crippen LogP contribution is -2.25. The Morgan fingerprint density at radius 1 is 1.29 bits per heavy atom. The number of nitrogens with one attached hydrogen (secondary N) is 1. The molecule has 1 aromatic heterocycles. The van der Waals surface area contributed by atoms with E-state index in [2.05, 4.69) is 15.5 Å². The lowest BCUT2D eigenvalue weighted by molar-refractivity contribution is 0.425. The highest BCUT2D eigenvalue weighted by Crippen LogP contribution is 2.21. The summed E-state index contributed by atoms with van der Waals surface area (Å²) >= 11 is 0. The monoisotopic (exact) mass is 236 g/mol. The molecule has 1 saturated carbocycles. The van der Waals surface area contributed by atoms with Crippen molar-refractivity contribution in [3.05, 3.63) is 12.2 Å². The van der Waals surface area contributed by atoms with Crippen molar-refractivity contribution in [3.63, 3.8) is 0 Å². The van der Waals surface area contributed by atoms with E-state index in [1.54, 1.807) is 6.33 Å². The maximum Gasteiger partial charge on any atom is 0.133 e. The largest absolute Gasteiger partial charge is 0.321 e. The maximum atomic E-state index is 4.09. The van der Waals surface area contributed by atoms with Crippen LogP contribution in [-0.4, -0.2) is 27.9 Å². The standard InChI is InChI=1S/C13H24N4/c1-17-11-15-16-13(17)8-9-14-10-12-6-4-2-3-5-7-12/h11-12,14H,2-10H2,1H3. The van der Waals surface area contributed by atoms with Gasteiger partial charge in [0.05, 0.1) is 0 Å². The first-order valence-corrected chi connectivity index (χ1v) is 6.90. The molecule has 96 valence electrons. The second kappa shape index (κ2) is 6.74. The summed E-state index contributed by atoms with van der Waals surface area (Å²) in [6.45, 7) is 2.20. The molecule has 0 amide bonds. The van der Waals surface area contributed by atoms with E-state index in [0.717, 1.165) is 24.7 Å². The number of nitrogens with zero attached hydrogens (tertiary/aromatic N) is 3. The van der Waals surface area contributed by atoms with Crippen molar-refractivity contribution >= 4 is 0 Å². The van der Waals surface area contributed by atoms with Gasteiger partial charge in [-0.05, 0) is 25.3 Å². The van der Waals surface area contributed by atoms with Gasteiger partial charge in [0.25, 0.3) is 0 Å². The van der Waals surface area contributed by atoms with E-state index >= 15 is 0 Å². The fourth-order valence-corrected chi connectivity index (χ4v) is 2.61. The number of aromatic nitrogens is 3. The highest BCUT2D eigenvalue weighted by atomic mass is 15.2. The Balaban J connectivity index is 1.61. The zero-order chi connectivity index (χ0) is 11.9. The lowest BCUT2D eigenvalue weighted by Gasteiger charge is -2.14. The van der Waals surface area contributed by atoms with E-state index in [1.807, 2.05) is 11.6 Å². The summed E-state index contributed by atoms with van der Waals surface area (Å²) in [6, 6.07) is 0. The van der Waals surface area contributed by atoms with Crippen molar-refractivity contribution in [2.24, 2.45) is 13.0 Å². The van der Waals surface area contributed by atoms with Gasteiger partial charge in [-0.15, -0.1) is 10.2 Å². The quantitative estimate of drug-likeness (QED) is 0.627. The number of aryl methyl sites for hydroxylation is 1. The van der Waals surface area contributed by atoms with Gasteiger partial charge in [0.2, 0.25) is 0 Å². The molecule has 17 heavy (non-hydrogen) atoms. The van der Waals surface area contributed by atoms with Crippen LogP contribution in [0.25, 0.3) is 0 Å². The minimum Gasteiger partial charge on any atom is -0.321 e. The van der Waals surface area contributed by atoms with E-state index < -0.39 is 0 Å². The molecule has 0 radical (unpaired) electrons. The third-order valence-electron chi connectivity index (χ3n) is 3.74. The molecule has 0 unspecified atom stereocenters. The molecule has 1 heterocycles. The van der Waals surface area contributed by atoms with Crippen molar-refractivity contribution < 1.29 is 0 Å². The van der Waals surface area contributed by atoms with Gasteiger partial charge in [0.1, 0.15) is 12.2 Å². The maximum absolute atomic E-state index is 4.09. The van der Waals surface area contributed by atoms with E-state index in [-0.39, 0.29) is 0 Å². The zero-order valence-electron chi connectivity index (χ0n) is 10.9. The van der Waals surface area contributed by atoms with Crippen LogP contribution in [0.4, 0.5) is 0 Å². The molecule has 1 aromatic rings. The molecular formula is C13H24N4. The lowest BCUT2D eigenvalue weighted by atomic mass is 10.0. The normalized spacial score (nSPS) is 18.2. The van der Waals surface area contributed by atoms with Crippen molar-refractivity contribution in [2.45, 2.75) is 44.9 Å². The summed E-state index contributed by atoms with van der Waals surface area (Å²) in [5.41, 5.74) is 0. The van der Waals surface area contributed by atoms with E-state index in [4.69, 9.17) is 0 Å². The van der Waals surface area contributed by atoms with E-state index in [0.29, 0.717) is 0 Å². The Hall–Kier alpha value is -0.900. The molecule has 4 nitrogen and oxygen atoms in total. The van der Waals surface area contributed by atoms with Gasteiger partial charge >= 0.3 is 0 Å². The second-order valence-corrected chi connectivity index (χ2v) is 5.17. The van der Waals surface area contributed by atoms with Gasteiger partial charge in [-0.1, -0.05) is 25.7 Å². The summed E-state index contributed by atoms with van der Waals surface area (Å²) < 4.78 is 1.99. The molecule has 4 heteroatoms. The van der Waals surface area contributed by atoms with Crippen molar-refractivity contribution in [1.82, 2.24) is 20.1 Å². The Morgan fingerprint density at radius 2 is 2.06 bits per heavy atom. The Labute approximate surface area is 104 Å². The molecule has 1 fully saturated rings. The zero-order valence-corrected chi connectivity index (χ0v) is 10.9. The summed E-state index contributed by atoms with van der Waals surface area (Å²) in [7, 11) is 2.00. The van der Waals surface area contributed by atoms with Crippen molar-refractivity contribution in [1.29, 1.82) is 0 Å². The molecule has 1 N–H and O–H groups in total. The van der Waals surface area contributed by atoms with Crippen LogP contribution in [0.2, 0.25) is 0 Å². The second-order valence-electron chi connectivity index (χ2n) is 5.17. The van der Waals surface area contributed by atoms with Gasteiger partial charge in [-0.3, -0.25) is 0 Å². The molecule has 1 aliphatic rings. The molecule has 0 saturated heterocycles. The SMILES string of the molecule is Cn1cnnc1CCNCC1CCCCCC1. The molecule has 0 bridgehead atoms. The molecular weight excluding hydrogens is 212 g/mol. The summed E-state index contributed by atoms with van der Waals surface area (Å²) in [4.78, 5) is 0. The number of hydrogen-bond acceptors (Lipinski definition) is 3. The molecule has 2 rings (SSSR count). The molecule has 0 aliphatic heterocycles. The van der Waals surface area contributed by atoms with Crippen LogP contribution in [0.1, 0.15) is 44.3 Å². The van der Waals surface area contributed by atoms with Crippen LogP contribution in [0.15, 0.2) is 6.33 Å². The minimum atomic E-state index is 0.900. The van der Waals surface area contributed by atoms with Crippen molar-refractivity contribution in [3.8, 4) is 0 Å². The summed E-state index contributed by atoms with van der Waals surface area (Å²) in [6.07, 6.45) is 11.3. The highest BCUT2D eigenvalue weighted by molar-refractivity contribution is 4.84. The van der Waals surface area contributed by atoms with Crippen LogP contribution in [0.3, 0.4) is 0 Å². The minimum absolute atomic E-state index is 0.900. The van der Waals surface area contributed by atoms with E-state index in [1.165, 1.54) is 45.1 Å². The Morgan fingerprint density at radius 3 is 2.71 bits per heavy atom. The summed E-state index contributed by atoms with van der Waals surface area (Å²) in [5, 5.41) is 11.5. The van der Waals surface area contributed by atoms with Crippen LogP contribution in [0.5, 0.6) is 0 Å². The van der Waals surface area contributed by atoms with Gasteiger partial charge in [0, 0.05) is 20.0 Å². The predicted octanol–water partition coefficient (Wildman–Crippen LogP) is 1.92. The van der Waals surface area contributed by atoms with Gasteiger partial charge in [0.15, 0.2) is 0 Å². The Bertz CT molecular complexity index is 313. The number of hydrogen-bond donors (Lipinski definition) is 1. The van der Waals surface area contributed by atoms with Crippen LogP contribution < -0.4 is 5.32 Å². The average Bonchev–Trinajstić information content (AvgIpc) is 2.60. The number of rotatable bonds is 5. The average molecular weight is 236 g/mol. The van der Waals surface area contributed by atoms with Crippen LogP contribution >= 0.6 is 0 Å². The van der Waals surface area contributed by atoms with E-state index in [9.17, 15) is 0 Å². The molecule has 0 aromatic carbocycles. The first-order chi connectivity index (χ1) is 8.36. The molecule has 1 aliphatic carbocycles. The van der Waals surface area contributed by atoms with Crippen LogP contribution in [0, 0.1) is 5.92 Å². The Kier molecular flexibility index (Phi) is 4.98. The predicted molar refractivity (Wildman–Crippen MR) is 68.8 cm³/mol. The fourth-order valence-electron chi connectivity index (χ4n) is 2.61. The topological polar surface area (TPSA) is 42.7 Å². The smallest absolute Gasteiger partial charge is 0.133 e. The third kappa shape index (κ3) is 4.11. The van der Waals surface area contributed by atoms with Crippen molar-refractivity contribution in [2.75, 3.05) is 13.1 Å². The highest BCUT2D eigenvalue weighted by Gasteiger charge is 2.11. The molecule has 0 atom stereocenters. The van der Waals surface area contributed by atoms with Crippen LogP contribution in [-0.2, 0) is 13.5 Å². The first kappa shape index (κ1) is 12.6. The summed E-state index contributed by atoms with van der Waals surface area (Å²) in [5.74, 6) is 1.97. The fraction of sp³-hybridized carbons (Fsp3) is 0.846. The first-order valence-electron chi connectivity index (χ1n) is 6.90. The molecule has 0 spiro atoms.